The summed E-state index contributed by atoms with van der Waals surface area (Å²) in [6, 6.07) is 6.09. The van der Waals surface area contributed by atoms with Gasteiger partial charge in [0, 0.05) is 24.7 Å². The second kappa shape index (κ2) is 5.68. The van der Waals surface area contributed by atoms with E-state index in [9.17, 15) is 13.2 Å². The molecule has 2 aromatic carbocycles. The Morgan fingerprint density at radius 3 is 2.65 bits per heavy atom. The Kier molecular flexibility index (Phi) is 3.69. The minimum atomic E-state index is -0.882. The van der Waals surface area contributed by atoms with E-state index in [0.717, 1.165) is 12.1 Å². The Morgan fingerprint density at radius 1 is 1.13 bits per heavy atom. The number of amidine groups is 1. The number of aromatic amines is 1. The molecule has 0 unspecified atom stereocenters. The SMILES string of the molecule is CNC(=N)c1cc(Oc2c(F)cc3[nH]ccc3c2F)ccc1F. The molecule has 23 heavy (non-hydrogen) atoms. The van der Waals surface area contributed by atoms with Crippen molar-refractivity contribution in [2.75, 3.05) is 7.05 Å². The van der Waals surface area contributed by atoms with Crippen molar-refractivity contribution >= 4 is 16.7 Å². The maximum absolute atomic E-state index is 14.3. The van der Waals surface area contributed by atoms with E-state index in [-0.39, 0.29) is 22.5 Å². The molecular formula is C16H12F3N3O. The molecule has 3 N–H and O–H groups in total. The number of hydrogen-bond acceptors (Lipinski definition) is 2. The van der Waals surface area contributed by atoms with E-state index < -0.39 is 23.2 Å². The number of hydrogen-bond donors (Lipinski definition) is 3. The van der Waals surface area contributed by atoms with Crippen LogP contribution in [0.5, 0.6) is 11.5 Å². The number of H-pyrrole nitrogens is 1. The van der Waals surface area contributed by atoms with Crippen LogP contribution in [-0.4, -0.2) is 17.9 Å². The molecule has 4 nitrogen and oxygen atoms in total. The quantitative estimate of drug-likeness (QED) is 0.506. The molecule has 0 spiro atoms. The monoisotopic (exact) mass is 319 g/mol. The van der Waals surface area contributed by atoms with Crippen LogP contribution in [0.15, 0.2) is 36.5 Å². The zero-order valence-electron chi connectivity index (χ0n) is 12.0. The number of ether oxygens (including phenoxy) is 1. The van der Waals surface area contributed by atoms with Gasteiger partial charge in [-0.15, -0.1) is 0 Å². The molecule has 0 saturated heterocycles. The Hall–Kier alpha value is -2.96. The number of rotatable bonds is 3. The molecular weight excluding hydrogens is 307 g/mol. The van der Waals surface area contributed by atoms with Gasteiger partial charge in [-0.3, -0.25) is 5.41 Å². The second-order valence-electron chi connectivity index (χ2n) is 4.81. The molecule has 3 aromatic rings. The van der Waals surface area contributed by atoms with Crippen LogP contribution in [0.25, 0.3) is 10.9 Å². The van der Waals surface area contributed by atoms with Crippen LogP contribution in [-0.2, 0) is 0 Å². The van der Waals surface area contributed by atoms with Gasteiger partial charge in [-0.2, -0.15) is 0 Å². The summed E-state index contributed by atoms with van der Waals surface area (Å²) >= 11 is 0. The highest BCUT2D eigenvalue weighted by atomic mass is 19.1. The summed E-state index contributed by atoms with van der Waals surface area (Å²) in [7, 11) is 1.47. The number of nitrogens with one attached hydrogen (secondary N) is 3. The highest BCUT2D eigenvalue weighted by Gasteiger charge is 2.18. The van der Waals surface area contributed by atoms with Gasteiger partial charge in [-0.05, 0) is 24.3 Å². The smallest absolute Gasteiger partial charge is 0.199 e. The molecule has 0 bridgehead atoms. The van der Waals surface area contributed by atoms with Gasteiger partial charge in [0.15, 0.2) is 17.4 Å². The molecule has 0 aliphatic heterocycles. The van der Waals surface area contributed by atoms with Crippen molar-refractivity contribution in [1.29, 1.82) is 5.41 Å². The van der Waals surface area contributed by atoms with Crippen LogP contribution in [0, 0.1) is 22.9 Å². The molecule has 0 aliphatic rings. The molecule has 0 fully saturated rings. The van der Waals surface area contributed by atoms with Crippen molar-refractivity contribution in [2.45, 2.75) is 0 Å². The Morgan fingerprint density at radius 2 is 1.91 bits per heavy atom. The van der Waals surface area contributed by atoms with Crippen LogP contribution in [0.4, 0.5) is 13.2 Å². The molecule has 0 atom stereocenters. The van der Waals surface area contributed by atoms with Crippen molar-refractivity contribution in [3.63, 3.8) is 0 Å². The summed E-state index contributed by atoms with van der Waals surface area (Å²) < 4.78 is 47.3. The Balaban J connectivity index is 2.04. The van der Waals surface area contributed by atoms with Gasteiger partial charge in [0.2, 0.25) is 0 Å². The predicted molar refractivity (Wildman–Crippen MR) is 80.6 cm³/mol. The molecule has 0 aliphatic carbocycles. The average Bonchev–Trinajstić information content (AvgIpc) is 3.00. The number of aromatic nitrogens is 1. The highest BCUT2D eigenvalue weighted by molar-refractivity contribution is 5.96. The topological polar surface area (TPSA) is 60.9 Å². The lowest BCUT2D eigenvalue weighted by Crippen LogP contribution is -2.19. The molecule has 0 radical (unpaired) electrons. The highest BCUT2D eigenvalue weighted by Crippen LogP contribution is 2.33. The van der Waals surface area contributed by atoms with Crippen molar-refractivity contribution in [1.82, 2.24) is 10.3 Å². The largest absolute Gasteiger partial charge is 0.451 e. The van der Waals surface area contributed by atoms with Gasteiger partial charge in [0.05, 0.1) is 11.1 Å². The van der Waals surface area contributed by atoms with E-state index in [1.807, 2.05) is 0 Å². The minimum absolute atomic E-state index is 0.0223. The summed E-state index contributed by atoms with van der Waals surface area (Å²) in [5.41, 5.74) is 0.248. The van der Waals surface area contributed by atoms with Crippen molar-refractivity contribution in [3.8, 4) is 11.5 Å². The molecule has 7 heteroatoms. The molecule has 0 amide bonds. The Labute approximate surface area is 129 Å². The van der Waals surface area contributed by atoms with Crippen molar-refractivity contribution in [3.05, 3.63) is 59.5 Å². The van der Waals surface area contributed by atoms with Gasteiger partial charge < -0.3 is 15.0 Å². The van der Waals surface area contributed by atoms with E-state index in [2.05, 4.69) is 10.3 Å². The van der Waals surface area contributed by atoms with Crippen LogP contribution < -0.4 is 10.1 Å². The third-order valence-corrected chi connectivity index (χ3v) is 3.38. The number of fused-ring (bicyclic) bond motifs is 1. The van der Waals surface area contributed by atoms with E-state index in [1.54, 1.807) is 0 Å². The molecule has 3 rings (SSSR count). The fraction of sp³-hybridized carbons (Fsp3) is 0.0625. The summed E-state index contributed by atoms with van der Waals surface area (Å²) in [5.74, 6) is -3.10. The standard InChI is InChI=1S/C16H12F3N3O/c1-21-16(20)10-6-8(2-3-11(10)17)23-15-12(18)7-13-9(14(15)19)4-5-22-13/h2-7,22H,1H3,(H2,20,21). The zero-order valence-corrected chi connectivity index (χ0v) is 12.0. The van der Waals surface area contributed by atoms with E-state index in [1.165, 1.54) is 31.4 Å². The van der Waals surface area contributed by atoms with Gasteiger partial charge in [0.1, 0.15) is 17.4 Å². The molecule has 1 aromatic heterocycles. The molecule has 1 heterocycles. The number of halogens is 3. The van der Waals surface area contributed by atoms with Crippen LogP contribution in [0.2, 0.25) is 0 Å². The van der Waals surface area contributed by atoms with Crippen molar-refractivity contribution < 1.29 is 17.9 Å². The van der Waals surface area contributed by atoms with Gasteiger partial charge >= 0.3 is 0 Å². The summed E-state index contributed by atoms with van der Waals surface area (Å²) in [5, 5.41) is 10.3. The molecule has 0 saturated carbocycles. The lowest BCUT2D eigenvalue weighted by molar-refractivity contribution is 0.410. The van der Waals surface area contributed by atoms with E-state index >= 15 is 0 Å². The fourth-order valence-corrected chi connectivity index (χ4v) is 2.22. The second-order valence-corrected chi connectivity index (χ2v) is 4.81. The number of benzene rings is 2. The fourth-order valence-electron chi connectivity index (χ4n) is 2.22. The van der Waals surface area contributed by atoms with Gasteiger partial charge in [-0.25, -0.2) is 13.2 Å². The first-order valence-electron chi connectivity index (χ1n) is 6.70. The first-order chi connectivity index (χ1) is 11.0. The van der Waals surface area contributed by atoms with Crippen LogP contribution >= 0.6 is 0 Å². The summed E-state index contributed by atoms with van der Waals surface area (Å²) in [6.45, 7) is 0. The normalized spacial score (nSPS) is 10.8. The zero-order chi connectivity index (χ0) is 16.6. The maximum atomic E-state index is 14.3. The minimum Gasteiger partial charge on any atom is -0.451 e. The maximum Gasteiger partial charge on any atom is 0.199 e. The van der Waals surface area contributed by atoms with E-state index in [4.69, 9.17) is 10.1 Å². The summed E-state index contributed by atoms with van der Waals surface area (Å²) in [4.78, 5) is 2.71. The lowest BCUT2D eigenvalue weighted by atomic mass is 10.1. The Bertz CT molecular complexity index is 905. The molecule has 118 valence electrons. The average molecular weight is 319 g/mol. The van der Waals surface area contributed by atoms with E-state index in [0.29, 0.717) is 5.52 Å². The van der Waals surface area contributed by atoms with Gasteiger partial charge in [0.25, 0.3) is 0 Å². The summed E-state index contributed by atoms with van der Waals surface area (Å²) in [6.07, 6.45) is 1.49. The predicted octanol–water partition coefficient (Wildman–Crippen LogP) is 3.92. The first kappa shape index (κ1) is 15.0. The first-order valence-corrected chi connectivity index (χ1v) is 6.70. The van der Waals surface area contributed by atoms with Gasteiger partial charge in [-0.1, -0.05) is 0 Å². The van der Waals surface area contributed by atoms with Crippen LogP contribution in [0.1, 0.15) is 5.56 Å². The van der Waals surface area contributed by atoms with Crippen LogP contribution in [0.3, 0.4) is 0 Å². The third-order valence-electron chi connectivity index (χ3n) is 3.38. The van der Waals surface area contributed by atoms with Crippen molar-refractivity contribution in [2.24, 2.45) is 0 Å². The third kappa shape index (κ3) is 2.61. The lowest BCUT2D eigenvalue weighted by Gasteiger charge is -2.11.